The van der Waals surface area contributed by atoms with Crippen molar-refractivity contribution < 1.29 is 9.21 Å². The van der Waals surface area contributed by atoms with Crippen molar-refractivity contribution in [1.82, 2.24) is 14.8 Å². The van der Waals surface area contributed by atoms with Crippen molar-refractivity contribution in [1.29, 1.82) is 0 Å². The number of oxazole rings is 1. The third-order valence-electron chi connectivity index (χ3n) is 6.53. The maximum absolute atomic E-state index is 12.6. The molecule has 166 valence electrons. The molecule has 5 rings (SSSR count). The topological polar surface area (TPSA) is 52.8 Å². The molecule has 2 saturated heterocycles. The standard InChI is InChI=1S/C26H30N4O2/c1-20-24(19-28-15-17-29(18-16-28)23-7-3-2-4-8-23)27-25(32-20)21-9-11-22(12-10-21)26(31)30-13-5-6-14-30/h2-4,7-12H,5-6,13-19H2,1H3. The van der Waals surface area contributed by atoms with Gasteiger partial charge in [-0.2, -0.15) is 0 Å². The molecule has 6 heteroatoms. The summed E-state index contributed by atoms with van der Waals surface area (Å²) in [5.41, 5.74) is 3.92. The van der Waals surface area contributed by atoms with Crippen molar-refractivity contribution in [2.75, 3.05) is 44.2 Å². The van der Waals surface area contributed by atoms with Crippen LogP contribution in [0.4, 0.5) is 5.69 Å². The first-order chi connectivity index (χ1) is 15.7. The van der Waals surface area contributed by atoms with Gasteiger partial charge in [-0.05, 0) is 56.2 Å². The molecule has 1 aromatic heterocycles. The number of para-hydroxylation sites is 1. The Labute approximate surface area is 189 Å². The Morgan fingerprint density at radius 2 is 1.59 bits per heavy atom. The molecule has 3 heterocycles. The summed E-state index contributed by atoms with van der Waals surface area (Å²) in [5.74, 6) is 1.61. The van der Waals surface area contributed by atoms with Crippen molar-refractivity contribution >= 4 is 11.6 Å². The van der Waals surface area contributed by atoms with Crippen LogP contribution in [-0.2, 0) is 6.54 Å². The maximum atomic E-state index is 12.6. The van der Waals surface area contributed by atoms with Crippen LogP contribution in [-0.4, -0.2) is 60.0 Å². The van der Waals surface area contributed by atoms with Crippen molar-refractivity contribution in [2.24, 2.45) is 0 Å². The van der Waals surface area contributed by atoms with Crippen LogP contribution in [0, 0.1) is 6.92 Å². The molecule has 2 fully saturated rings. The fourth-order valence-electron chi connectivity index (χ4n) is 4.57. The lowest BCUT2D eigenvalue weighted by Crippen LogP contribution is -2.46. The van der Waals surface area contributed by atoms with Crippen molar-refractivity contribution in [3.8, 4) is 11.5 Å². The summed E-state index contributed by atoms with van der Waals surface area (Å²) in [4.78, 5) is 24.2. The summed E-state index contributed by atoms with van der Waals surface area (Å²) < 4.78 is 5.99. The quantitative estimate of drug-likeness (QED) is 0.607. The Morgan fingerprint density at radius 3 is 2.28 bits per heavy atom. The van der Waals surface area contributed by atoms with Gasteiger partial charge < -0.3 is 14.2 Å². The molecule has 1 amide bonds. The van der Waals surface area contributed by atoms with Gasteiger partial charge in [-0.1, -0.05) is 18.2 Å². The highest BCUT2D eigenvalue weighted by molar-refractivity contribution is 5.94. The molecule has 0 aliphatic carbocycles. The van der Waals surface area contributed by atoms with Crippen LogP contribution in [0.25, 0.3) is 11.5 Å². The van der Waals surface area contributed by atoms with Crippen molar-refractivity contribution in [2.45, 2.75) is 26.3 Å². The molecule has 32 heavy (non-hydrogen) atoms. The number of amides is 1. The van der Waals surface area contributed by atoms with E-state index in [9.17, 15) is 4.79 Å². The number of rotatable bonds is 5. The minimum absolute atomic E-state index is 0.118. The molecule has 0 radical (unpaired) electrons. The number of hydrogen-bond donors (Lipinski definition) is 0. The molecule has 0 saturated carbocycles. The van der Waals surface area contributed by atoms with E-state index in [0.29, 0.717) is 5.89 Å². The molecule has 6 nitrogen and oxygen atoms in total. The van der Waals surface area contributed by atoms with Crippen LogP contribution in [0.5, 0.6) is 0 Å². The van der Waals surface area contributed by atoms with E-state index in [2.05, 4.69) is 40.1 Å². The van der Waals surface area contributed by atoms with E-state index in [4.69, 9.17) is 9.40 Å². The Bertz CT molecular complexity index is 1050. The number of carbonyl (C=O) groups is 1. The van der Waals surface area contributed by atoms with E-state index in [1.165, 1.54) is 5.69 Å². The fourth-order valence-corrected chi connectivity index (χ4v) is 4.57. The summed E-state index contributed by atoms with van der Waals surface area (Å²) in [6, 6.07) is 18.3. The minimum atomic E-state index is 0.118. The molecule has 0 bridgehead atoms. The Balaban J connectivity index is 1.21. The minimum Gasteiger partial charge on any atom is -0.441 e. The number of carbonyl (C=O) groups excluding carboxylic acids is 1. The smallest absolute Gasteiger partial charge is 0.253 e. The normalized spacial score (nSPS) is 17.2. The first-order valence-electron chi connectivity index (χ1n) is 11.6. The van der Waals surface area contributed by atoms with Crippen LogP contribution in [0.2, 0.25) is 0 Å². The van der Waals surface area contributed by atoms with Gasteiger partial charge in [0.2, 0.25) is 5.89 Å². The number of piperazine rings is 1. The van der Waals surface area contributed by atoms with E-state index in [0.717, 1.165) is 81.2 Å². The molecule has 2 aliphatic rings. The van der Waals surface area contributed by atoms with Crippen molar-refractivity contribution in [3.05, 3.63) is 71.6 Å². The second-order valence-electron chi connectivity index (χ2n) is 8.70. The van der Waals surface area contributed by atoms with Gasteiger partial charge in [-0.25, -0.2) is 4.98 Å². The van der Waals surface area contributed by atoms with E-state index in [1.54, 1.807) is 0 Å². The molecule has 0 spiro atoms. The molecule has 2 aromatic carbocycles. The molecule has 0 atom stereocenters. The van der Waals surface area contributed by atoms with Gasteiger partial charge in [-0.15, -0.1) is 0 Å². The Hall–Kier alpha value is -3.12. The number of aryl methyl sites for hydroxylation is 1. The van der Waals surface area contributed by atoms with Gasteiger partial charge in [0.05, 0.1) is 5.69 Å². The van der Waals surface area contributed by atoms with Crippen LogP contribution < -0.4 is 4.90 Å². The molecule has 0 N–H and O–H groups in total. The van der Waals surface area contributed by atoms with Crippen LogP contribution >= 0.6 is 0 Å². The average molecular weight is 431 g/mol. The van der Waals surface area contributed by atoms with E-state index in [-0.39, 0.29) is 5.91 Å². The second-order valence-corrected chi connectivity index (χ2v) is 8.70. The molecule has 3 aromatic rings. The SMILES string of the molecule is Cc1oc(-c2ccc(C(=O)N3CCCC3)cc2)nc1CN1CCN(c2ccccc2)CC1. The van der Waals surface area contributed by atoms with Crippen LogP contribution in [0.1, 0.15) is 34.7 Å². The van der Waals surface area contributed by atoms with E-state index < -0.39 is 0 Å². The largest absolute Gasteiger partial charge is 0.441 e. The third kappa shape index (κ3) is 4.41. The molecular weight excluding hydrogens is 400 g/mol. The predicted octanol–water partition coefficient (Wildman–Crippen LogP) is 4.21. The number of nitrogens with zero attached hydrogens (tertiary/aromatic N) is 4. The van der Waals surface area contributed by atoms with Gasteiger partial charge in [0, 0.05) is 62.6 Å². The lowest BCUT2D eigenvalue weighted by Gasteiger charge is -2.35. The summed E-state index contributed by atoms with van der Waals surface area (Å²) >= 11 is 0. The molecule has 0 unspecified atom stereocenters. The second kappa shape index (κ2) is 9.17. The zero-order valence-electron chi connectivity index (χ0n) is 18.7. The summed E-state index contributed by atoms with van der Waals surface area (Å²) in [7, 11) is 0. The highest BCUT2D eigenvalue weighted by atomic mass is 16.4. The summed E-state index contributed by atoms with van der Waals surface area (Å²) in [6.45, 7) is 8.54. The highest BCUT2D eigenvalue weighted by Gasteiger charge is 2.22. The maximum Gasteiger partial charge on any atom is 0.253 e. The fraction of sp³-hybridized carbons (Fsp3) is 0.385. The third-order valence-corrected chi connectivity index (χ3v) is 6.53. The van der Waals surface area contributed by atoms with Crippen LogP contribution in [0.15, 0.2) is 59.0 Å². The van der Waals surface area contributed by atoms with Gasteiger partial charge in [0.15, 0.2) is 0 Å². The highest BCUT2D eigenvalue weighted by Crippen LogP contribution is 2.24. The first kappa shape index (κ1) is 20.8. The number of aromatic nitrogens is 1. The number of likely N-dealkylation sites (tertiary alicyclic amines) is 1. The molecular formula is C26H30N4O2. The van der Waals surface area contributed by atoms with Gasteiger partial charge >= 0.3 is 0 Å². The zero-order chi connectivity index (χ0) is 21.9. The average Bonchev–Trinajstić information content (AvgIpc) is 3.50. The number of benzene rings is 2. The Kier molecular flexibility index (Phi) is 5.95. The lowest BCUT2D eigenvalue weighted by molar-refractivity contribution is 0.0793. The first-order valence-corrected chi connectivity index (χ1v) is 11.6. The Morgan fingerprint density at radius 1 is 0.906 bits per heavy atom. The van der Waals surface area contributed by atoms with Gasteiger partial charge in [0.25, 0.3) is 5.91 Å². The predicted molar refractivity (Wildman–Crippen MR) is 126 cm³/mol. The van der Waals surface area contributed by atoms with Gasteiger partial charge in [-0.3, -0.25) is 9.69 Å². The summed E-state index contributed by atoms with van der Waals surface area (Å²) in [5, 5.41) is 0. The zero-order valence-corrected chi connectivity index (χ0v) is 18.7. The monoisotopic (exact) mass is 430 g/mol. The summed E-state index contributed by atoms with van der Waals surface area (Å²) in [6.07, 6.45) is 2.20. The molecule has 2 aliphatic heterocycles. The van der Waals surface area contributed by atoms with E-state index in [1.807, 2.05) is 36.1 Å². The lowest BCUT2D eigenvalue weighted by atomic mass is 10.1. The van der Waals surface area contributed by atoms with Crippen LogP contribution in [0.3, 0.4) is 0 Å². The van der Waals surface area contributed by atoms with Gasteiger partial charge in [0.1, 0.15) is 5.76 Å². The van der Waals surface area contributed by atoms with Crippen molar-refractivity contribution in [3.63, 3.8) is 0 Å². The van der Waals surface area contributed by atoms with E-state index >= 15 is 0 Å². The number of anilines is 1. The number of hydrogen-bond acceptors (Lipinski definition) is 5.